The lowest BCUT2D eigenvalue weighted by Gasteiger charge is -2.13. The van der Waals surface area contributed by atoms with Crippen LogP contribution < -0.4 is 11.1 Å². The minimum absolute atomic E-state index is 0.0713. The number of benzene rings is 2. The van der Waals surface area contributed by atoms with Crippen LogP contribution in [0.15, 0.2) is 60.7 Å². The van der Waals surface area contributed by atoms with E-state index >= 15 is 0 Å². The average Bonchev–Trinajstić information content (AvgIpc) is 2.45. The summed E-state index contributed by atoms with van der Waals surface area (Å²) in [6.07, 6.45) is 1.04. The van der Waals surface area contributed by atoms with Crippen LogP contribution in [-0.2, 0) is 6.42 Å². The highest BCUT2D eigenvalue weighted by Gasteiger charge is 2.03. The largest absolute Gasteiger partial charge is 0.323 e. The lowest BCUT2D eigenvalue weighted by atomic mass is 10.1. The Balaban J connectivity index is 1.70. The molecule has 0 aromatic heterocycles. The summed E-state index contributed by atoms with van der Waals surface area (Å²) in [6, 6.07) is 20.8. The van der Waals surface area contributed by atoms with Crippen LogP contribution in [0.25, 0.3) is 0 Å². The summed E-state index contributed by atoms with van der Waals surface area (Å²) in [4.78, 5) is 0. The van der Waals surface area contributed by atoms with Gasteiger partial charge in [0.25, 0.3) is 0 Å². The van der Waals surface area contributed by atoms with E-state index in [1.165, 1.54) is 11.1 Å². The highest BCUT2D eigenvalue weighted by Crippen LogP contribution is 2.07. The van der Waals surface area contributed by atoms with Crippen molar-refractivity contribution in [2.45, 2.75) is 12.5 Å². The van der Waals surface area contributed by atoms with Gasteiger partial charge >= 0.3 is 0 Å². The summed E-state index contributed by atoms with van der Waals surface area (Å²) in [6.45, 7) is 1.78. The van der Waals surface area contributed by atoms with Gasteiger partial charge in [0, 0.05) is 12.6 Å². The van der Waals surface area contributed by atoms with Gasteiger partial charge in [-0.1, -0.05) is 60.7 Å². The SMILES string of the molecule is NC(CNCCc1ccccc1)c1ccccc1. The quantitative estimate of drug-likeness (QED) is 0.761. The Morgan fingerprint density at radius 2 is 1.50 bits per heavy atom. The molecule has 0 aliphatic carbocycles. The molecule has 2 heteroatoms. The fourth-order valence-corrected chi connectivity index (χ4v) is 1.95. The van der Waals surface area contributed by atoms with Gasteiger partial charge in [-0.05, 0) is 24.1 Å². The number of nitrogens with one attached hydrogen (secondary N) is 1. The van der Waals surface area contributed by atoms with Crippen LogP contribution in [-0.4, -0.2) is 13.1 Å². The molecule has 0 radical (unpaired) electrons. The highest BCUT2D eigenvalue weighted by atomic mass is 14.9. The molecule has 0 spiro atoms. The highest BCUT2D eigenvalue weighted by molar-refractivity contribution is 5.18. The minimum atomic E-state index is 0.0713. The van der Waals surface area contributed by atoms with Crippen LogP contribution in [0.3, 0.4) is 0 Å². The Labute approximate surface area is 109 Å². The predicted octanol–water partition coefficient (Wildman–Crippen LogP) is 2.52. The normalized spacial score (nSPS) is 12.3. The van der Waals surface area contributed by atoms with Crippen molar-refractivity contribution < 1.29 is 0 Å². The maximum absolute atomic E-state index is 6.11. The molecule has 0 bridgehead atoms. The fourth-order valence-electron chi connectivity index (χ4n) is 1.95. The van der Waals surface area contributed by atoms with Crippen LogP contribution in [0, 0.1) is 0 Å². The standard InChI is InChI=1S/C16H20N2/c17-16(15-9-5-2-6-10-15)13-18-12-11-14-7-3-1-4-8-14/h1-10,16,18H,11-13,17H2. The fraction of sp³-hybridized carbons (Fsp3) is 0.250. The number of rotatable bonds is 6. The van der Waals surface area contributed by atoms with Gasteiger partial charge in [0.15, 0.2) is 0 Å². The van der Waals surface area contributed by atoms with Crippen molar-refractivity contribution in [3.63, 3.8) is 0 Å². The Morgan fingerprint density at radius 3 is 2.17 bits per heavy atom. The maximum atomic E-state index is 6.11. The van der Waals surface area contributed by atoms with Gasteiger partial charge in [-0.2, -0.15) is 0 Å². The zero-order valence-corrected chi connectivity index (χ0v) is 10.5. The molecule has 0 saturated carbocycles. The van der Waals surface area contributed by atoms with Crippen molar-refractivity contribution in [2.75, 3.05) is 13.1 Å². The smallest absolute Gasteiger partial charge is 0.0421 e. The molecule has 0 fully saturated rings. The van der Waals surface area contributed by atoms with E-state index in [4.69, 9.17) is 5.73 Å². The Bertz CT molecular complexity index is 439. The van der Waals surface area contributed by atoms with E-state index in [2.05, 4.69) is 41.7 Å². The molecule has 2 rings (SSSR count). The monoisotopic (exact) mass is 240 g/mol. The van der Waals surface area contributed by atoms with Gasteiger partial charge in [0.05, 0.1) is 0 Å². The summed E-state index contributed by atoms with van der Waals surface area (Å²) >= 11 is 0. The molecule has 2 aromatic carbocycles. The lowest BCUT2D eigenvalue weighted by Crippen LogP contribution is -2.28. The van der Waals surface area contributed by atoms with Crippen molar-refractivity contribution in [3.05, 3.63) is 71.8 Å². The molecule has 0 amide bonds. The lowest BCUT2D eigenvalue weighted by molar-refractivity contribution is 0.599. The van der Waals surface area contributed by atoms with E-state index in [0.29, 0.717) is 0 Å². The molecular weight excluding hydrogens is 220 g/mol. The first-order valence-corrected chi connectivity index (χ1v) is 6.41. The third-order valence-corrected chi connectivity index (χ3v) is 3.03. The molecule has 0 aliphatic rings. The van der Waals surface area contributed by atoms with Crippen LogP contribution in [0.5, 0.6) is 0 Å². The van der Waals surface area contributed by atoms with Gasteiger partial charge in [-0.15, -0.1) is 0 Å². The first kappa shape index (κ1) is 12.8. The van der Waals surface area contributed by atoms with Crippen molar-refractivity contribution in [1.29, 1.82) is 0 Å². The molecule has 0 saturated heterocycles. The molecule has 94 valence electrons. The molecule has 3 N–H and O–H groups in total. The van der Waals surface area contributed by atoms with E-state index in [0.717, 1.165) is 19.5 Å². The van der Waals surface area contributed by atoms with Crippen molar-refractivity contribution in [2.24, 2.45) is 5.73 Å². The number of hydrogen-bond donors (Lipinski definition) is 2. The average molecular weight is 240 g/mol. The second kappa shape index (κ2) is 6.94. The van der Waals surface area contributed by atoms with E-state index in [1.54, 1.807) is 0 Å². The third-order valence-electron chi connectivity index (χ3n) is 3.03. The first-order valence-electron chi connectivity index (χ1n) is 6.41. The second-order valence-electron chi connectivity index (χ2n) is 4.46. The Kier molecular flexibility index (Phi) is 4.94. The zero-order valence-electron chi connectivity index (χ0n) is 10.5. The summed E-state index contributed by atoms with van der Waals surface area (Å²) in [5, 5.41) is 3.41. The van der Waals surface area contributed by atoms with Gasteiger partial charge in [-0.25, -0.2) is 0 Å². The van der Waals surface area contributed by atoms with Gasteiger partial charge in [-0.3, -0.25) is 0 Å². The second-order valence-corrected chi connectivity index (χ2v) is 4.46. The molecule has 2 aromatic rings. The summed E-state index contributed by atoms with van der Waals surface area (Å²) in [5.74, 6) is 0. The summed E-state index contributed by atoms with van der Waals surface area (Å²) < 4.78 is 0. The Hall–Kier alpha value is -1.64. The Morgan fingerprint density at radius 1 is 0.889 bits per heavy atom. The van der Waals surface area contributed by atoms with Crippen LogP contribution in [0.4, 0.5) is 0 Å². The van der Waals surface area contributed by atoms with Crippen molar-refractivity contribution in [3.8, 4) is 0 Å². The van der Waals surface area contributed by atoms with E-state index < -0.39 is 0 Å². The molecule has 1 atom stereocenters. The molecule has 0 aliphatic heterocycles. The summed E-state index contributed by atoms with van der Waals surface area (Å²) in [7, 11) is 0. The van der Waals surface area contributed by atoms with E-state index in [9.17, 15) is 0 Å². The number of hydrogen-bond acceptors (Lipinski definition) is 2. The van der Waals surface area contributed by atoms with Crippen LogP contribution >= 0.6 is 0 Å². The van der Waals surface area contributed by atoms with Gasteiger partial charge in [0.1, 0.15) is 0 Å². The summed E-state index contributed by atoms with van der Waals surface area (Å²) in [5.41, 5.74) is 8.66. The predicted molar refractivity (Wildman–Crippen MR) is 76.4 cm³/mol. The molecule has 18 heavy (non-hydrogen) atoms. The molecule has 0 heterocycles. The minimum Gasteiger partial charge on any atom is -0.323 e. The topological polar surface area (TPSA) is 38.0 Å². The van der Waals surface area contributed by atoms with Gasteiger partial charge in [0.2, 0.25) is 0 Å². The van der Waals surface area contributed by atoms with Gasteiger partial charge < -0.3 is 11.1 Å². The first-order chi connectivity index (χ1) is 8.86. The van der Waals surface area contributed by atoms with Crippen molar-refractivity contribution in [1.82, 2.24) is 5.32 Å². The van der Waals surface area contributed by atoms with Crippen LogP contribution in [0.1, 0.15) is 17.2 Å². The van der Waals surface area contributed by atoms with E-state index in [1.807, 2.05) is 24.3 Å². The molecular formula is C16H20N2. The zero-order chi connectivity index (χ0) is 12.6. The third kappa shape index (κ3) is 3.99. The molecule has 1 unspecified atom stereocenters. The van der Waals surface area contributed by atoms with E-state index in [-0.39, 0.29) is 6.04 Å². The van der Waals surface area contributed by atoms with Crippen LogP contribution in [0.2, 0.25) is 0 Å². The number of nitrogens with two attached hydrogens (primary N) is 1. The maximum Gasteiger partial charge on any atom is 0.0421 e. The van der Waals surface area contributed by atoms with Crippen molar-refractivity contribution >= 4 is 0 Å². The molecule has 2 nitrogen and oxygen atoms in total.